The van der Waals surface area contributed by atoms with Crippen LogP contribution < -0.4 is 5.73 Å². The Bertz CT molecular complexity index is 792. The Balaban J connectivity index is 1.91. The highest BCUT2D eigenvalue weighted by Crippen LogP contribution is 2.55. The van der Waals surface area contributed by atoms with Crippen LogP contribution in [0.1, 0.15) is 40.5 Å². The maximum absolute atomic E-state index is 12.3. The van der Waals surface area contributed by atoms with Crippen molar-refractivity contribution in [3.8, 4) is 0 Å². The first-order valence-corrected chi connectivity index (χ1v) is 9.92. The van der Waals surface area contributed by atoms with Crippen LogP contribution >= 0.6 is 8.03 Å². The van der Waals surface area contributed by atoms with E-state index in [-0.39, 0.29) is 11.8 Å². The number of nitrogens with two attached hydrogens (primary N) is 1. The lowest BCUT2D eigenvalue weighted by Gasteiger charge is -2.41. The SMILES string of the molecule is CC(C)C(OC1(Cn2cnc3c(N)ncnc32)CC1)(C(C)C)[PH](=O)O. The summed E-state index contributed by atoms with van der Waals surface area (Å²) < 4.78 is 20.6. The largest absolute Gasteiger partial charge is 0.382 e. The Labute approximate surface area is 147 Å². The molecule has 0 aromatic carbocycles. The molecular formula is C16H26N5O3P. The molecule has 2 aromatic rings. The lowest BCUT2D eigenvalue weighted by atomic mass is 9.94. The van der Waals surface area contributed by atoms with E-state index in [9.17, 15) is 9.46 Å². The zero-order chi connectivity index (χ0) is 18.4. The summed E-state index contributed by atoms with van der Waals surface area (Å²) in [4.78, 5) is 22.6. The second-order valence-corrected chi connectivity index (χ2v) is 8.89. The molecule has 1 fully saturated rings. The number of fused-ring (bicyclic) bond motifs is 1. The number of rotatable bonds is 7. The Morgan fingerprint density at radius 3 is 2.48 bits per heavy atom. The van der Waals surface area contributed by atoms with Crippen molar-refractivity contribution >= 4 is 25.0 Å². The van der Waals surface area contributed by atoms with Crippen molar-refractivity contribution in [3.63, 3.8) is 0 Å². The molecular weight excluding hydrogens is 341 g/mol. The Hall–Kier alpha value is -1.50. The molecule has 0 bridgehead atoms. The highest BCUT2D eigenvalue weighted by molar-refractivity contribution is 7.39. The fraction of sp³-hybridized carbons (Fsp3) is 0.688. The molecule has 0 aliphatic heterocycles. The van der Waals surface area contributed by atoms with E-state index in [1.165, 1.54) is 6.33 Å². The molecule has 3 rings (SSSR count). The number of aromatic nitrogens is 4. The van der Waals surface area contributed by atoms with Crippen molar-refractivity contribution in [2.75, 3.05) is 5.73 Å². The van der Waals surface area contributed by atoms with Gasteiger partial charge >= 0.3 is 0 Å². The van der Waals surface area contributed by atoms with Crippen molar-refractivity contribution in [1.82, 2.24) is 19.5 Å². The van der Waals surface area contributed by atoms with E-state index in [4.69, 9.17) is 10.5 Å². The predicted octanol–water partition coefficient (Wildman–Crippen LogP) is 2.43. The van der Waals surface area contributed by atoms with Gasteiger partial charge in [-0.1, -0.05) is 27.7 Å². The van der Waals surface area contributed by atoms with Crippen molar-refractivity contribution in [2.45, 2.75) is 58.0 Å². The third kappa shape index (κ3) is 3.07. The van der Waals surface area contributed by atoms with E-state index in [0.717, 1.165) is 12.8 Å². The molecule has 9 heteroatoms. The minimum absolute atomic E-state index is 0.0705. The van der Waals surface area contributed by atoms with Crippen LogP contribution in [0.3, 0.4) is 0 Å². The van der Waals surface area contributed by atoms with Crippen LogP contribution in [-0.2, 0) is 15.8 Å². The summed E-state index contributed by atoms with van der Waals surface area (Å²) in [6, 6.07) is 0. The molecule has 1 unspecified atom stereocenters. The Morgan fingerprint density at radius 1 is 1.32 bits per heavy atom. The summed E-state index contributed by atoms with van der Waals surface area (Å²) in [7, 11) is -2.89. The standard InChI is InChI=1S/C16H26N5O3P/c1-10(2)16(11(3)4,25(22)23)24-15(5-6-15)7-21-9-20-12-13(17)18-8-19-14(12)21/h8-11,25H,5-7H2,1-4H3,(H,22,23)(H2,17,18,19). The highest BCUT2D eigenvalue weighted by atomic mass is 31.1. The number of nitrogen functional groups attached to an aromatic ring is 1. The smallest absolute Gasteiger partial charge is 0.220 e. The second-order valence-electron chi connectivity index (χ2n) is 7.50. The van der Waals surface area contributed by atoms with Crippen LogP contribution in [0.25, 0.3) is 11.2 Å². The zero-order valence-corrected chi connectivity index (χ0v) is 16.1. The lowest BCUT2D eigenvalue weighted by molar-refractivity contribution is -0.114. The first-order chi connectivity index (χ1) is 11.7. The molecule has 1 aliphatic rings. The van der Waals surface area contributed by atoms with E-state index in [2.05, 4.69) is 15.0 Å². The van der Waals surface area contributed by atoms with Gasteiger partial charge in [-0.15, -0.1) is 0 Å². The monoisotopic (exact) mass is 367 g/mol. The number of anilines is 1. The molecule has 3 N–H and O–H groups in total. The van der Waals surface area contributed by atoms with Crippen LogP contribution in [0.15, 0.2) is 12.7 Å². The van der Waals surface area contributed by atoms with Gasteiger partial charge in [-0.25, -0.2) is 15.0 Å². The molecule has 0 radical (unpaired) electrons. The average Bonchev–Trinajstić information content (AvgIpc) is 3.16. The maximum atomic E-state index is 12.3. The number of nitrogens with zero attached hydrogens (tertiary/aromatic N) is 4. The molecule has 2 heterocycles. The van der Waals surface area contributed by atoms with Crippen molar-refractivity contribution in [1.29, 1.82) is 0 Å². The molecule has 0 amide bonds. The fourth-order valence-corrected chi connectivity index (χ4v) is 4.85. The summed E-state index contributed by atoms with van der Waals surface area (Å²) in [5.74, 6) is 0.200. The van der Waals surface area contributed by atoms with Crippen molar-refractivity contribution in [2.24, 2.45) is 11.8 Å². The summed E-state index contributed by atoms with van der Waals surface area (Å²) in [6.45, 7) is 8.28. The first kappa shape index (κ1) is 18.3. The first-order valence-electron chi connectivity index (χ1n) is 8.57. The normalized spacial score (nSPS) is 18.2. The van der Waals surface area contributed by atoms with Gasteiger partial charge in [0.25, 0.3) is 0 Å². The number of hydrogen-bond acceptors (Lipinski definition) is 6. The average molecular weight is 367 g/mol. The molecule has 0 saturated heterocycles. The third-order valence-electron chi connectivity index (χ3n) is 5.13. The molecule has 8 nitrogen and oxygen atoms in total. The van der Waals surface area contributed by atoms with Crippen molar-refractivity contribution in [3.05, 3.63) is 12.7 Å². The van der Waals surface area contributed by atoms with E-state index in [0.29, 0.717) is 23.5 Å². The lowest BCUT2D eigenvalue weighted by Crippen LogP contribution is -2.45. The molecule has 2 aromatic heterocycles. The van der Waals surface area contributed by atoms with E-state index < -0.39 is 19.0 Å². The van der Waals surface area contributed by atoms with Crippen LogP contribution in [0, 0.1) is 11.8 Å². The zero-order valence-electron chi connectivity index (χ0n) is 15.1. The van der Waals surface area contributed by atoms with Crippen molar-refractivity contribution < 1.29 is 14.2 Å². The Kier molecular flexibility index (Phi) is 4.64. The topological polar surface area (TPSA) is 116 Å². The van der Waals surface area contributed by atoms with Gasteiger partial charge in [-0.05, 0) is 24.7 Å². The van der Waals surface area contributed by atoms with Gasteiger partial charge < -0.3 is 19.9 Å². The molecule has 25 heavy (non-hydrogen) atoms. The van der Waals surface area contributed by atoms with Crippen LogP contribution in [0.5, 0.6) is 0 Å². The van der Waals surface area contributed by atoms with Gasteiger partial charge in [0.2, 0.25) is 8.03 Å². The summed E-state index contributed by atoms with van der Waals surface area (Å²) in [5, 5.41) is -1.04. The van der Waals surface area contributed by atoms with Gasteiger partial charge in [0.05, 0.1) is 18.5 Å². The molecule has 0 spiro atoms. The van der Waals surface area contributed by atoms with Crippen LogP contribution in [-0.4, -0.2) is 35.4 Å². The van der Waals surface area contributed by atoms with Gasteiger partial charge in [0.15, 0.2) is 11.5 Å². The number of ether oxygens (including phenoxy) is 1. The van der Waals surface area contributed by atoms with Gasteiger partial charge in [0.1, 0.15) is 17.2 Å². The van der Waals surface area contributed by atoms with E-state index in [1.54, 1.807) is 6.33 Å². The second kappa shape index (κ2) is 6.34. The summed E-state index contributed by atoms with van der Waals surface area (Å²) >= 11 is 0. The van der Waals surface area contributed by atoms with Gasteiger partial charge in [-0.2, -0.15) is 0 Å². The summed E-state index contributed by atoms with van der Waals surface area (Å²) in [5.41, 5.74) is 6.59. The molecule has 1 atom stereocenters. The maximum Gasteiger partial charge on any atom is 0.220 e. The number of hydrogen-bond donors (Lipinski definition) is 2. The van der Waals surface area contributed by atoms with E-state index >= 15 is 0 Å². The summed E-state index contributed by atoms with van der Waals surface area (Å²) in [6.07, 6.45) is 4.76. The fourth-order valence-electron chi connectivity index (χ4n) is 3.55. The van der Waals surface area contributed by atoms with E-state index in [1.807, 2.05) is 32.3 Å². The van der Waals surface area contributed by atoms with Gasteiger partial charge in [0, 0.05) is 0 Å². The van der Waals surface area contributed by atoms with Gasteiger partial charge in [-0.3, -0.25) is 4.57 Å². The highest BCUT2D eigenvalue weighted by Gasteiger charge is 2.55. The number of imidazole rings is 1. The molecule has 1 saturated carbocycles. The predicted molar refractivity (Wildman–Crippen MR) is 96.4 cm³/mol. The molecule has 1 aliphatic carbocycles. The minimum Gasteiger partial charge on any atom is -0.382 e. The minimum atomic E-state index is -2.89. The molecule has 138 valence electrons. The van der Waals surface area contributed by atoms with Crippen LogP contribution in [0.4, 0.5) is 5.82 Å². The quantitative estimate of drug-likeness (QED) is 0.722. The third-order valence-corrected chi connectivity index (χ3v) is 7.06. The van der Waals surface area contributed by atoms with Crippen LogP contribution in [0.2, 0.25) is 0 Å². The Morgan fingerprint density at radius 2 is 1.96 bits per heavy atom.